The molecule has 0 bridgehead atoms. The molecule has 112 valence electrons. The molecule has 2 rings (SSSR count). The van der Waals surface area contributed by atoms with Gasteiger partial charge in [0.05, 0.1) is 0 Å². The molecule has 0 amide bonds. The number of nitrogens with two attached hydrogens (primary N) is 1. The first-order valence-corrected chi connectivity index (χ1v) is 8.94. The maximum absolute atomic E-state index is 12.3. The van der Waals surface area contributed by atoms with E-state index < -0.39 is 10.2 Å². The van der Waals surface area contributed by atoms with Crippen molar-refractivity contribution in [1.82, 2.24) is 9.03 Å². The lowest BCUT2D eigenvalue weighted by molar-refractivity contribution is 0.268. The van der Waals surface area contributed by atoms with Crippen LogP contribution in [0.1, 0.15) is 18.4 Å². The van der Waals surface area contributed by atoms with Gasteiger partial charge in [0, 0.05) is 24.1 Å². The Labute approximate surface area is 128 Å². The van der Waals surface area contributed by atoms with Gasteiger partial charge >= 0.3 is 0 Å². The largest absolute Gasteiger partial charge is 0.330 e. The smallest absolute Gasteiger partial charge is 0.279 e. The second-order valence-corrected chi connectivity index (χ2v) is 7.73. The summed E-state index contributed by atoms with van der Waals surface area (Å²) in [5.41, 5.74) is 6.57. The Morgan fingerprint density at radius 3 is 2.95 bits per heavy atom. The molecular formula is C13H20BrN3O2S. The molecule has 0 aromatic heterocycles. The third kappa shape index (κ3) is 4.26. The van der Waals surface area contributed by atoms with Gasteiger partial charge in [-0.2, -0.15) is 17.4 Å². The maximum atomic E-state index is 12.3. The fourth-order valence-electron chi connectivity index (χ4n) is 2.35. The van der Waals surface area contributed by atoms with Crippen molar-refractivity contribution in [1.29, 1.82) is 0 Å². The van der Waals surface area contributed by atoms with Gasteiger partial charge < -0.3 is 5.73 Å². The van der Waals surface area contributed by atoms with Crippen molar-refractivity contribution in [3.8, 4) is 0 Å². The van der Waals surface area contributed by atoms with Crippen molar-refractivity contribution >= 4 is 26.1 Å². The second kappa shape index (κ2) is 7.00. The number of piperidine rings is 1. The number of nitrogens with one attached hydrogen (secondary N) is 1. The molecule has 1 aliphatic rings. The minimum atomic E-state index is -3.42. The molecule has 1 aromatic carbocycles. The third-order valence-electron chi connectivity index (χ3n) is 3.50. The highest BCUT2D eigenvalue weighted by atomic mass is 79.9. The number of hydrogen-bond donors (Lipinski definition) is 2. The average molecular weight is 362 g/mol. The topological polar surface area (TPSA) is 75.4 Å². The minimum Gasteiger partial charge on any atom is -0.330 e. The molecule has 0 spiro atoms. The van der Waals surface area contributed by atoms with Crippen LogP contribution in [0.25, 0.3) is 0 Å². The zero-order valence-corrected chi connectivity index (χ0v) is 13.7. The van der Waals surface area contributed by atoms with Crippen molar-refractivity contribution in [2.45, 2.75) is 19.4 Å². The Hall–Kier alpha value is -0.470. The second-order valence-electron chi connectivity index (χ2n) is 5.06. The number of rotatable bonds is 5. The molecule has 3 N–H and O–H groups in total. The van der Waals surface area contributed by atoms with Crippen molar-refractivity contribution in [3.63, 3.8) is 0 Å². The normalized spacial score (nSPS) is 21.0. The van der Waals surface area contributed by atoms with E-state index in [1.807, 2.05) is 24.3 Å². The van der Waals surface area contributed by atoms with Gasteiger partial charge in [-0.3, -0.25) is 0 Å². The lowest BCUT2D eigenvalue weighted by atomic mass is 10.0. The standard InChI is InChI=1S/C13H20BrN3O2S/c14-13-5-1-3-11(7-13)9-16-20(18,19)17-6-2-4-12(8-15)10-17/h1,3,5,7,12,16H,2,4,6,8-10,15H2. The highest BCUT2D eigenvalue weighted by Crippen LogP contribution is 2.18. The zero-order valence-electron chi connectivity index (χ0n) is 11.3. The summed E-state index contributed by atoms with van der Waals surface area (Å²) in [6.07, 6.45) is 1.88. The molecule has 0 saturated carbocycles. The van der Waals surface area contributed by atoms with Crippen molar-refractivity contribution in [2.24, 2.45) is 11.7 Å². The van der Waals surface area contributed by atoms with Gasteiger partial charge in [0.2, 0.25) is 0 Å². The summed E-state index contributed by atoms with van der Waals surface area (Å²) in [4.78, 5) is 0. The summed E-state index contributed by atoms with van der Waals surface area (Å²) in [5, 5.41) is 0. The van der Waals surface area contributed by atoms with Crippen LogP contribution in [-0.4, -0.2) is 32.4 Å². The number of hydrogen-bond acceptors (Lipinski definition) is 3. The van der Waals surface area contributed by atoms with E-state index in [1.54, 1.807) is 0 Å². The molecule has 1 aliphatic heterocycles. The molecule has 7 heteroatoms. The molecule has 1 heterocycles. The first-order valence-electron chi connectivity index (χ1n) is 6.70. The first-order chi connectivity index (χ1) is 9.51. The van der Waals surface area contributed by atoms with Crippen LogP contribution in [0.3, 0.4) is 0 Å². The summed E-state index contributed by atoms with van der Waals surface area (Å²) < 4.78 is 29.6. The van der Waals surface area contributed by atoms with Gasteiger partial charge in [-0.25, -0.2) is 0 Å². The Balaban J connectivity index is 1.97. The summed E-state index contributed by atoms with van der Waals surface area (Å²) in [6, 6.07) is 7.60. The SMILES string of the molecule is NCC1CCCN(S(=O)(=O)NCc2cccc(Br)c2)C1. The Morgan fingerprint density at radius 2 is 2.25 bits per heavy atom. The lowest BCUT2D eigenvalue weighted by Crippen LogP contribution is -2.47. The van der Waals surface area contributed by atoms with E-state index >= 15 is 0 Å². The Morgan fingerprint density at radius 1 is 1.45 bits per heavy atom. The molecule has 5 nitrogen and oxygen atoms in total. The Bertz CT molecular complexity index is 550. The summed E-state index contributed by atoms with van der Waals surface area (Å²) in [5.74, 6) is 0.270. The van der Waals surface area contributed by atoms with Crippen molar-refractivity contribution < 1.29 is 8.42 Å². The van der Waals surface area contributed by atoms with E-state index in [9.17, 15) is 8.42 Å². The van der Waals surface area contributed by atoms with Gasteiger partial charge in [-0.05, 0) is 43.0 Å². The van der Waals surface area contributed by atoms with E-state index in [2.05, 4.69) is 20.7 Å². The predicted molar refractivity (Wildman–Crippen MR) is 83.3 cm³/mol. The van der Waals surface area contributed by atoms with E-state index in [-0.39, 0.29) is 5.92 Å². The molecule has 1 atom stereocenters. The third-order valence-corrected chi connectivity index (χ3v) is 5.52. The van der Waals surface area contributed by atoms with Crippen LogP contribution in [0.5, 0.6) is 0 Å². The molecule has 0 aliphatic carbocycles. The predicted octanol–water partition coefficient (Wildman–Crippen LogP) is 1.45. The van der Waals surface area contributed by atoms with Crippen LogP contribution in [0.15, 0.2) is 28.7 Å². The quantitative estimate of drug-likeness (QED) is 0.833. The molecular weight excluding hydrogens is 342 g/mol. The van der Waals surface area contributed by atoms with E-state index in [4.69, 9.17) is 5.73 Å². The molecule has 20 heavy (non-hydrogen) atoms. The fourth-order valence-corrected chi connectivity index (χ4v) is 4.11. The van der Waals surface area contributed by atoms with Crippen molar-refractivity contribution in [2.75, 3.05) is 19.6 Å². The van der Waals surface area contributed by atoms with Crippen LogP contribution in [0.2, 0.25) is 0 Å². The molecule has 1 unspecified atom stereocenters. The highest BCUT2D eigenvalue weighted by molar-refractivity contribution is 9.10. The lowest BCUT2D eigenvalue weighted by Gasteiger charge is -2.31. The summed E-state index contributed by atoms with van der Waals surface area (Å²) in [6.45, 7) is 1.93. The zero-order chi connectivity index (χ0) is 14.6. The van der Waals surface area contributed by atoms with Crippen LogP contribution >= 0.6 is 15.9 Å². The van der Waals surface area contributed by atoms with Gasteiger partial charge in [-0.15, -0.1) is 0 Å². The monoisotopic (exact) mass is 361 g/mol. The van der Waals surface area contributed by atoms with E-state index in [1.165, 1.54) is 4.31 Å². The fraction of sp³-hybridized carbons (Fsp3) is 0.538. The molecule has 1 aromatic rings. The van der Waals surface area contributed by atoms with Gasteiger partial charge in [0.1, 0.15) is 0 Å². The van der Waals surface area contributed by atoms with Crippen LogP contribution < -0.4 is 10.5 Å². The summed E-state index contributed by atoms with van der Waals surface area (Å²) >= 11 is 3.37. The number of halogens is 1. The molecule has 1 saturated heterocycles. The van der Waals surface area contributed by atoms with E-state index in [0.717, 1.165) is 22.9 Å². The van der Waals surface area contributed by atoms with Gasteiger partial charge in [-0.1, -0.05) is 28.1 Å². The van der Waals surface area contributed by atoms with Crippen LogP contribution in [0.4, 0.5) is 0 Å². The van der Waals surface area contributed by atoms with E-state index in [0.29, 0.717) is 26.2 Å². The average Bonchev–Trinajstić information content (AvgIpc) is 2.45. The number of nitrogens with zero attached hydrogens (tertiary/aromatic N) is 1. The summed E-state index contributed by atoms with van der Waals surface area (Å²) in [7, 11) is -3.42. The maximum Gasteiger partial charge on any atom is 0.279 e. The van der Waals surface area contributed by atoms with Gasteiger partial charge in [0.15, 0.2) is 0 Å². The highest BCUT2D eigenvalue weighted by Gasteiger charge is 2.27. The minimum absolute atomic E-state index is 0.270. The van der Waals surface area contributed by atoms with Crippen LogP contribution in [0, 0.1) is 5.92 Å². The molecule has 0 radical (unpaired) electrons. The number of benzene rings is 1. The van der Waals surface area contributed by atoms with Crippen LogP contribution in [-0.2, 0) is 16.8 Å². The van der Waals surface area contributed by atoms with Crippen molar-refractivity contribution in [3.05, 3.63) is 34.3 Å². The Kier molecular flexibility index (Phi) is 5.57. The first kappa shape index (κ1) is 15.9. The molecule has 1 fully saturated rings. The van der Waals surface area contributed by atoms with Gasteiger partial charge in [0.25, 0.3) is 10.2 Å².